The second kappa shape index (κ2) is 7.64. The van der Waals surface area contributed by atoms with Crippen LogP contribution in [0.1, 0.15) is 16.7 Å². The van der Waals surface area contributed by atoms with Crippen LogP contribution in [0.25, 0.3) is 21.3 Å². The van der Waals surface area contributed by atoms with Crippen molar-refractivity contribution in [3.8, 4) is 11.1 Å². The largest absolute Gasteiger partial charge is 0.325 e. The minimum Gasteiger partial charge on any atom is -0.325 e. The van der Waals surface area contributed by atoms with Crippen molar-refractivity contribution < 1.29 is 4.79 Å². The van der Waals surface area contributed by atoms with Crippen molar-refractivity contribution in [3.05, 3.63) is 81.2 Å². The Labute approximate surface area is 172 Å². The predicted molar refractivity (Wildman–Crippen MR) is 119 cm³/mol. The molecule has 5 nitrogen and oxygen atoms in total. The molecule has 0 aliphatic carbocycles. The Kier molecular flexibility index (Phi) is 5.03. The molecular formula is C23H21N3O2S. The van der Waals surface area contributed by atoms with Crippen molar-refractivity contribution in [1.29, 1.82) is 0 Å². The van der Waals surface area contributed by atoms with Gasteiger partial charge in [-0.05, 0) is 49.6 Å². The number of hydrogen-bond donors (Lipinski definition) is 1. The molecule has 2 aromatic heterocycles. The molecule has 1 N–H and O–H groups in total. The van der Waals surface area contributed by atoms with Gasteiger partial charge in [-0.15, -0.1) is 11.3 Å². The number of benzene rings is 2. The van der Waals surface area contributed by atoms with Crippen LogP contribution < -0.4 is 10.9 Å². The van der Waals surface area contributed by atoms with Crippen molar-refractivity contribution in [2.24, 2.45) is 0 Å². The highest BCUT2D eigenvalue weighted by atomic mass is 32.1. The molecule has 0 radical (unpaired) electrons. The van der Waals surface area contributed by atoms with Crippen molar-refractivity contribution in [3.63, 3.8) is 0 Å². The van der Waals surface area contributed by atoms with E-state index in [0.717, 1.165) is 33.5 Å². The Bertz CT molecular complexity index is 1250. The fourth-order valence-corrected chi connectivity index (χ4v) is 4.33. The van der Waals surface area contributed by atoms with E-state index in [1.54, 1.807) is 0 Å². The number of rotatable bonds is 4. The van der Waals surface area contributed by atoms with E-state index in [-0.39, 0.29) is 18.0 Å². The van der Waals surface area contributed by atoms with Gasteiger partial charge in [-0.25, -0.2) is 4.98 Å². The minimum atomic E-state index is -0.259. The van der Waals surface area contributed by atoms with Crippen LogP contribution in [0.4, 0.5) is 5.69 Å². The quantitative estimate of drug-likeness (QED) is 0.538. The van der Waals surface area contributed by atoms with Gasteiger partial charge in [0.25, 0.3) is 5.56 Å². The number of hydrogen-bond acceptors (Lipinski definition) is 4. The molecule has 4 rings (SSSR count). The maximum absolute atomic E-state index is 13.1. The van der Waals surface area contributed by atoms with Crippen molar-refractivity contribution >= 4 is 33.1 Å². The Morgan fingerprint density at radius 2 is 1.72 bits per heavy atom. The first-order valence-corrected chi connectivity index (χ1v) is 10.2. The topological polar surface area (TPSA) is 64.0 Å². The van der Waals surface area contributed by atoms with Crippen LogP contribution >= 0.6 is 11.3 Å². The molecule has 0 bridgehead atoms. The van der Waals surface area contributed by atoms with Gasteiger partial charge in [0.2, 0.25) is 5.91 Å². The summed E-state index contributed by atoms with van der Waals surface area (Å²) in [5.74, 6) is -0.259. The number of amides is 1. The summed E-state index contributed by atoms with van der Waals surface area (Å²) < 4.78 is 1.37. The van der Waals surface area contributed by atoms with Gasteiger partial charge in [0, 0.05) is 16.6 Å². The lowest BCUT2D eigenvalue weighted by molar-refractivity contribution is -0.116. The van der Waals surface area contributed by atoms with E-state index >= 15 is 0 Å². The smallest absolute Gasteiger partial charge is 0.263 e. The standard InChI is InChI=1S/C23H21N3O2S/c1-14-4-6-17(7-5-14)19-12-29-22-21(19)23(28)26(13-24-22)11-20(27)25-18-9-15(2)8-16(3)10-18/h4-10,12-13H,11H2,1-3H3,(H,25,27). The lowest BCUT2D eigenvalue weighted by Gasteiger charge is -2.09. The third kappa shape index (κ3) is 3.98. The summed E-state index contributed by atoms with van der Waals surface area (Å²) in [6, 6.07) is 13.9. The second-order valence-corrected chi connectivity index (χ2v) is 8.16. The van der Waals surface area contributed by atoms with Crippen LogP contribution in [0.3, 0.4) is 0 Å². The molecule has 0 spiro atoms. The number of thiophene rings is 1. The fraction of sp³-hybridized carbons (Fsp3) is 0.174. The van der Waals surface area contributed by atoms with E-state index in [0.29, 0.717) is 10.2 Å². The zero-order valence-electron chi connectivity index (χ0n) is 16.5. The average Bonchev–Trinajstić information content (AvgIpc) is 3.08. The van der Waals surface area contributed by atoms with Gasteiger partial charge in [-0.2, -0.15) is 0 Å². The molecule has 2 aromatic carbocycles. The molecule has 0 saturated carbocycles. The van der Waals surface area contributed by atoms with Crippen LogP contribution in [-0.4, -0.2) is 15.5 Å². The first kappa shape index (κ1) is 19.1. The molecule has 6 heteroatoms. The van der Waals surface area contributed by atoms with E-state index in [2.05, 4.69) is 10.3 Å². The number of aromatic nitrogens is 2. The summed E-state index contributed by atoms with van der Waals surface area (Å²) in [6.45, 7) is 5.90. The van der Waals surface area contributed by atoms with E-state index in [1.807, 2.05) is 68.6 Å². The Balaban J connectivity index is 1.65. The molecular weight excluding hydrogens is 382 g/mol. The van der Waals surface area contributed by atoms with Crippen LogP contribution in [0.2, 0.25) is 0 Å². The zero-order valence-corrected chi connectivity index (χ0v) is 17.3. The Morgan fingerprint density at radius 3 is 2.41 bits per heavy atom. The normalized spacial score (nSPS) is 11.0. The van der Waals surface area contributed by atoms with Crippen LogP contribution in [0.15, 0.2) is 59.0 Å². The highest BCUT2D eigenvalue weighted by Crippen LogP contribution is 2.30. The van der Waals surface area contributed by atoms with E-state index in [4.69, 9.17) is 0 Å². The summed E-state index contributed by atoms with van der Waals surface area (Å²) in [6.07, 6.45) is 1.45. The zero-order chi connectivity index (χ0) is 20.5. The SMILES string of the molecule is Cc1ccc(-c2csc3ncn(CC(=O)Nc4cc(C)cc(C)c4)c(=O)c23)cc1. The van der Waals surface area contributed by atoms with Gasteiger partial charge in [0.15, 0.2) is 0 Å². The van der Waals surface area contributed by atoms with E-state index in [9.17, 15) is 9.59 Å². The predicted octanol–water partition coefficient (Wildman–Crippen LogP) is 4.69. The molecule has 29 heavy (non-hydrogen) atoms. The Hall–Kier alpha value is -3.25. The van der Waals surface area contributed by atoms with Gasteiger partial charge in [0.1, 0.15) is 11.4 Å². The third-order valence-electron chi connectivity index (χ3n) is 4.74. The van der Waals surface area contributed by atoms with Crippen molar-refractivity contribution in [1.82, 2.24) is 9.55 Å². The molecule has 4 aromatic rings. The van der Waals surface area contributed by atoms with Crippen molar-refractivity contribution in [2.45, 2.75) is 27.3 Å². The lowest BCUT2D eigenvalue weighted by Crippen LogP contribution is -2.27. The minimum absolute atomic E-state index is 0.0854. The number of carbonyl (C=O) groups is 1. The summed E-state index contributed by atoms with van der Waals surface area (Å²) in [4.78, 5) is 30.7. The van der Waals surface area contributed by atoms with Gasteiger partial charge in [-0.1, -0.05) is 35.9 Å². The molecule has 146 valence electrons. The number of nitrogens with zero attached hydrogens (tertiary/aromatic N) is 2. The first-order valence-electron chi connectivity index (χ1n) is 9.32. The highest BCUT2D eigenvalue weighted by molar-refractivity contribution is 7.17. The number of anilines is 1. The van der Waals surface area contributed by atoms with Gasteiger partial charge in [0.05, 0.1) is 11.7 Å². The lowest BCUT2D eigenvalue weighted by atomic mass is 10.1. The van der Waals surface area contributed by atoms with Gasteiger partial charge >= 0.3 is 0 Å². The van der Waals surface area contributed by atoms with Crippen LogP contribution in [0.5, 0.6) is 0 Å². The maximum atomic E-state index is 13.1. The summed E-state index contributed by atoms with van der Waals surface area (Å²) in [5, 5.41) is 5.37. The maximum Gasteiger partial charge on any atom is 0.263 e. The molecule has 0 unspecified atom stereocenters. The molecule has 1 amide bonds. The number of aryl methyl sites for hydroxylation is 3. The number of carbonyl (C=O) groups excluding carboxylic acids is 1. The summed E-state index contributed by atoms with van der Waals surface area (Å²) in [7, 11) is 0. The fourth-order valence-electron chi connectivity index (χ4n) is 3.43. The number of fused-ring (bicyclic) bond motifs is 1. The molecule has 2 heterocycles. The summed E-state index contributed by atoms with van der Waals surface area (Å²) >= 11 is 1.44. The van der Waals surface area contributed by atoms with E-state index < -0.39 is 0 Å². The highest BCUT2D eigenvalue weighted by Gasteiger charge is 2.15. The van der Waals surface area contributed by atoms with Crippen LogP contribution in [-0.2, 0) is 11.3 Å². The molecule has 0 saturated heterocycles. The van der Waals surface area contributed by atoms with Gasteiger partial charge in [-0.3, -0.25) is 14.2 Å². The molecule has 0 aliphatic rings. The molecule has 0 aliphatic heterocycles. The Morgan fingerprint density at radius 1 is 1.03 bits per heavy atom. The monoisotopic (exact) mass is 403 g/mol. The third-order valence-corrected chi connectivity index (χ3v) is 5.63. The second-order valence-electron chi connectivity index (χ2n) is 7.30. The summed E-state index contributed by atoms with van der Waals surface area (Å²) in [5.41, 5.74) is 5.65. The van der Waals surface area contributed by atoms with Crippen LogP contribution in [0, 0.1) is 20.8 Å². The average molecular weight is 404 g/mol. The van der Waals surface area contributed by atoms with Crippen molar-refractivity contribution in [2.75, 3.05) is 5.32 Å². The first-order chi connectivity index (χ1) is 13.9. The van der Waals surface area contributed by atoms with Gasteiger partial charge < -0.3 is 5.32 Å². The molecule has 0 fully saturated rings. The van der Waals surface area contributed by atoms with E-state index in [1.165, 1.54) is 22.2 Å². The molecule has 0 atom stereocenters. The number of nitrogens with one attached hydrogen (secondary N) is 1.